The van der Waals surface area contributed by atoms with Crippen molar-refractivity contribution >= 4 is 27.5 Å². The average molecular weight is 313 g/mol. The van der Waals surface area contributed by atoms with E-state index in [1.54, 1.807) is 11.3 Å². The quantitative estimate of drug-likeness (QED) is 0.883. The summed E-state index contributed by atoms with van der Waals surface area (Å²) in [4.78, 5) is 19.2. The molecule has 2 heterocycles. The normalized spacial score (nSPS) is 19.9. The predicted octanol–water partition coefficient (Wildman–Crippen LogP) is 2.57. The summed E-state index contributed by atoms with van der Waals surface area (Å²) in [6.07, 6.45) is 7.34. The second kappa shape index (κ2) is 6.47. The van der Waals surface area contributed by atoms with Crippen molar-refractivity contribution in [2.45, 2.75) is 31.8 Å². The minimum atomic E-state index is -0.187. The van der Waals surface area contributed by atoms with Crippen LogP contribution in [-0.4, -0.2) is 34.9 Å². The number of nitrogens with one attached hydrogen (secondary N) is 1. The highest BCUT2D eigenvalue weighted by atomic mass is 32.1. The molecule has 1 saturated heterocycles. The largest absolute Gasteiger partial charge is 0.344 e. The topological polar surface area (TPSA) is 45.2 Å². The van der Waals surface area contributed by atoms with Crippen molar-refractivity contribution in [2.24, 2.45) is 0 Å². The Morgan fingerprint density at radius 2 is 2.41 bits per heavy atom. The number of para-hydroxylation sites is 1. The molecule has 0 radical (unpaired) electrons. The van der Waals surface area contributed by atoms with Gasteiger partial charge in [-0.3, -0.25) is 9.69 Å². The highest BCUT2D eigenvalue weighted by molar-refractivity contribution is 7.18. The molecule has 1 amide bonds. The second-order valence-electron chi connectivity index (χ2n) is 5.51. The van der Waals surface area contributed by atoms with Gasteiger partial charge in [0, 0.05) is 0 Å². The average Bonchev–Trinajstić information content (AvgIpc) is 3.17. The Hall–Kier alpha value is -1.90. The molecular weight excluding hydrogens is 294 g/mol. The Kier molecular flexibility index (Phi) is 4.41. The van der Waals surface area contributed by atoms with Gasteiger partial charge in [0.25, 0.3) is 0 Å². The smallest absolute Gasteiger partial charge is 0.237 e. The number of aromatic nitrogens is 1. The van der Waals surface area contributed by atoms with Crippen LogP contribution < -0.4 is 5.32 Å². The van der Waals surface area contributed by atoms with Crippen molar-refractivity contribution in [3.63, 3.8) is 0 Å². The van der Waals surface area contributed by atoms with Crippen molar-refractivity contribution in [1.82, 2.24) is 15.2 Å². The monoisotopic (exact) mass is 313 g/mol. The molecule has 2 atom stereocenters. The third kappa shape index (κ3) is 2.85. The first kappa shape index (κ1) is 15.0. The molecule has 0 saturated carbocycles. The van der Waals surface area contributed by atoms with E-state index in [0.717, 1.165) is 29.9 Å². The van der Waals surface area contributed by atoms with E-state index in [9.17, 15) is 4.79 Å². The maximum absolute atomic E-state index is 12.2. The van der Waals surface area contributed by atoms with Crippen molar-refractivity contribution in [1.29, 1.82) is 0 Å². The van der Waals surface area contributed by atoms with Crippen LogP contribution in [0.5, 0.6) is 0 Å². The van der Waals surface area contributed by atoms with E-state index in [-0.39, 0.29) is 24.5 Å². The van der Waals surface area contributed by atoms with Crippen LogP contribution in [0.25, 0.3) is 10.2 Å². The molecular formula is C17H19N3OS. The van der Waals surface area contributed by atoms with Gasteiger partial charge in [-0.2, -0.15) is 0 Å². The zero-order valence-corrected chi connectivity index (χ0v) is 13.4. The fourth-order valence-corrected chi connectivity index (χ4v) is 4.11. The number of carbonyl (C=O) groups excluding carboxylic acids is 1. The molecule has 1 aromatic carbocycles. The number of amides is 1. The highest BCUT2D eigenvalue weighted by Gasteiger charge is 2.34. The summed E-state index contributed by atoms with van der Waals surface area (Å²) in [6, 6.07) is 8.22. The number of benzene rings is 1. The summed E-state index contributed by atoms with van der Waals surface area (Å²) in [5.74, 6) is 2.44. The van der Waals surface area contributed by atoms with Crippen molar-refractivity contribution in [3.8, 4) is 12.3 Å². The first-order valence-corrected chi connectivity index (χ1v) is 8.34. The Morgan fingerprint density at radius 1 is 1.59 bits per heavy atom. The molecule has 5 heteroatoms. The van der Waals surface area contributed by atoms with Crippen molar-refractivity contribution in [2.75, 3.05) is 13.1 Å². The Balaban J connectivity index is 1.80. The lowest BCUT2D eigenvalue weighted by Gasteiger charge is -2.28. The molecule has 2 unspecified atom stereocenters. The minimum Gasteiger partial charge on any atom is -0.344 e. The van der Waals surface area contributed by atoms with Crippen molar-refractivity contribution < 1.29 is 4.79 Å². The van der Waals surface area contributed by atoms with Crippen LogP contribution in [0.1, 0.15) is 30.8 Å². The second-order valence-corrected chi connectivity index (χ2v) is 6.58. The highest BCUT2D eigenvalue weighted by Crippen LogP contribution is 2.37. The molecule has 22 heavy (non-hydrogen) atoms. The zero-order valence-electron chi connectivity index (χ0n) is 12.6. The number of rotatable bonds is 4. The number of nitrogens with zero attached hydrogens (tertiary/aromatic N) is 2. The van der Waals surface area contributed by atoms with E-state index >= 15 is 0 Å². The van der Waals surface area contributed by atoms with E-state index in [2.05, 4.69) is 22.2 Å². The number of thiazole rings is 1. The van der Waals surface area contributed by atoms with Gasteiger partial charge in [0.15, 0.2) is 0 Å². The summed E-state index contributed by atoms with van der Waals surface area (Å²) in [5.41, 5.74) is 1.04. The Labute approximate surface area is 134 Å². The van der Waals surface area contributed by atoms with Gasteiger partial charge in [-0.1, -0.05) is 18.1 Å². The SMILES string of the molecule is C#CCNC(=O)C(C)N1CCCC1c1nc2ccccc2s1. The summed E-state index contributed by atoms with van der Waals surface area (Å²) in [7, 11) is 0. The lowest BCUT2D eigenvalue weighted by molar-refractivity contribution is -0.126. The zero-order chi connectivity index (χ0) is 15.5. The van der Waals surface area contributed by atoms with Crippen LogP contribution in [0.3, 0.4) is 0 Å². The summed E-state index contributed by atoms with van der Waals surface area (Å²) < 4.78 is 1.20. The molecule has 0 bridgehead atoms. The van der Waals surface area contributed by atoms with Gasteiger partial charge in [-0.25, -0.2) is 4.98 Å². The number of fused-ring (bicyclic) bond motifs is 1. The molecule has 2 aromatic rings. The van der Waals surface area contributed by atoms with Gasteiger partial charge in [-0.05, 0) is 38.4 Å². The Morgan fingerprint density at radius 3 is 3.18 bits per heavy atom. The molecule has 114 valence electrons. The van der Waals surface area contributed by atoms with Crippen LogP contribution >= 0.6 is 11.3 Å². The number of carbonyl (C=O) groups is 1. The maximum atomic E-state index is 12.2. The van der Waals surface area contributed by atoms with Crippen LogP contribution in [0.4, 0.5) is 0 Å². The Bertz CT molecular complexity index is 685. The standard InChI is InChI=1S/C17H19N3OS/c1-3-10-18-16(21)12(2)20-11-6-8-14(20)17-19-13-7-4-5-9-15(13)22-17/h1,4-5,7,9,12,14H,6,8,10-11H2,2H3,(H,18,21). The molecule has 1 fully saturated rings. The summed E-state index contributed by atoms with van der Waals surface area (Å²) in [5, 5.41) is 3.88. The summed E-state index contributed by atoms with van der Waals surface area (Å²) >= 11 is 1.73. The molecule has 0 aliphatic carbocycles. The van der Waals surface area contributed by atoms with Crippen LogP contribution in [0.2, 0.25) is 0 Å². The molecule has 1 aliphatic heterocycles. The fourth-order valence-electron chi connectivity index (χ4n) is 2.99. The molecule has 3 rings (SSSR count). The first-order valence-electron chi connectivity index (χ1n) is 7.53. The van der Waals surface area contributed by atoms with Crippen LogP contribution in [0.15, 0.2) is 24.3 Å². The number of terminal acetylenes is 1. The predicted molar refractivity (Wildman–Crippen MR) is 89.6 cm³/mol. The van der Waals surface area contributed by atoms with E-state index in [0.29, 0.717) is 0 Å². The van der Waals surface area contributed by atoms with Crippen molar-refractivity contribution in [3.05, 3.63) is 29.3 Å². The van der Waals surface area contributed by atoms with Crippen LogP contribution in [-0.2, 0) is 4.79 Å². The van der Waals surface area contributed by atoms with Crippen LogP contribution in [0, 0.1) is 12.3 Å². The molecule has 0 spiro atoms. The maximum Gasteiger partial charge on any atom is 0.237 e. The fraction of sp³-hybridized carbons (Fsp3) is 0.412. The van der Waals surface area contributed by atoms with E-state index in [1.165, 1.54) is 4.70 Å². The van der Waals surface area contributed by atoms with E-state index in [4.69, 9.17) is 11.4 Å². The molecule has 1 N–H and O–H groups in total. The van der Waals surface area contributed by atoms with E-state index in [1.807, 2.05) is 25.1 Å². The van der Waals surface area contributed by atoms with Gasteiger partial charge in [-0.15, -0.1) is 17.8 Å². The van der Waals surface area contributed by atoms with Gasteiger partial charge < -0.3 is 5.32 Å². The van der Waals surface area contributed by atoms with Gasteiger partial charge in [0.2, 0.25) is 5.91 Å². The lowest BCUT2D eigenvalue weighted by Crippen LogP contribution is -2.44. The summed E-state index contributed by atoms with van der Waals surface area (Å²) in [6.45, 7) is 3.14. The minimum absolute atomic E-state index is 0.00837. The third-order valence-corrected chi connectivity index (χ3v) is 5.27. The first-order chi connectivity index (χ1) is 10.7. The molecule has 1 aromatic heterocycles. The number of hydrogen-bond donors (Lipinski definition) is 1. The van der Waals surface area contributed by atoms with Gasteiger partial charge in [0.05, 0.1) is 28.8 Å². The lowest BCUT2D eigenvalue weighted by atomic mass is 10.2. The molecule has 4 nitrogen and oxygen atoms in total. The third-order valence-electron chi connectivity index (χ3n) is 4.13. The van der Waals surface area contributed by atoms with Gasteiger partial charge >= 0.3 is 0 Å². The number of hydrogen-bond acceptors (Lipinski definition) is 4. The van der Waals surface area contributed by atoms with Gasteiger partial charge in [0.1, 0.15) is 5.01 Å². The number of likely N-dealkylation sites (tertiary alicyclic amines) is 1. The molecule has 1 aliphatic rings. The van der Waals surface area contributed by atoms with E-state index < -0.39 is 0 Å².